The Labute approximate surface area is 256 Å². The van der Waals surface area contributed by atoms with Gasteiger partial charge < -0.3 is 4.74 Å². The number of esters is 1. The molecular formula is C33H24Cl2N2O6. The van der Waals surface area contributed by atoms with Gasteiger partial charge in [-0.15, -0.1) is 0 Å². The van der Waals surface area contributed by atoms with Gasteiger partial charge in [-0.2, -0.15) is 0 Å². The van der Waals surface area contributed by atoms with Crippen LogP contribution in [0.2, 0.25) is 10.0 Å². The molecule has 2 saturated heterocycles. The molecule has 0 spiro atoms. The van der Waals surface area contributed by atoms with E-state index >= 15 is 0 Å². The van der Waals surface area contributed by atoms with Gasteiger partial charge in [-0.05, 0) is 55.5 Å². The highest BCUT2D eigenvalue weighted by Crippen LogP contribution is 2.68. The smallest absolute Gasteiger partial charge is 0.339 e. The van der Waals surface area contributed by atoms with Crippen molar-refractivity contribution in [2.45, 2.75) is 13.8 Å². The lowest BCUT2D eigenvalue weighted by Gasteiger charge is -2.55. The van der Waals surface area contributed by atoms with E-state index in [0.717, 1.165) is 9.80 Å². The number of carbonyl (C=O) groups excluding carboxylic acids is 5. The number of allylic oxidation sites excluding steroid dienone is 1. The minimum atomic E-state index is -1.54. The molecule has 6 atom stereocenters. The SMILES string of the molecule is CC1=C(C(=O)Oc2ccccc2)C2(C)[C@@H]3C(=O)N(c4cccc(Cl)c4)C(=O)[C@@H]3C1[C@@H]1C(=O)N(c3cccc(Cl)c3)C(=O)[C@@H]12. The Balaban J connectivity index is 1.41. The largest absolute Gasteiger partial charge is 0.423 e. The number of nitrogens with zero attached hydrogens (tertiary/aromatic N) is 2. The van der Waals surface area contributed by atoms with E-state index < -0.39 is 64.6 Å². The normalized spacial score (nSPS) is 29.3. The Morgan fingerprint density at radius 3 is 1.65 bits per heavy atom. The maximum atomic E-state index is 14.3. The Bertz CT molecular complexity index is 1710. The standard InChI is InChI=1S/C33H24Cl2N2O6/c1-16-22-23-26(30(40)36(28(23)38)19-10-6-8-17(34)14-19)33(2,25(16)32(42)43-21-12-4-3-5-13-21)27-24(22)29(39)37(31(27)41)20-11-7-9-18(35)15-20/h3-15,22-24,26-27H,1-2H3/t22?,23-,24+,26+,27-,33?. The van der Waals surface area contributed by atoms with E-state index in [1.54, 1.807) is 80.6 Å². The number of amides is 4. The number of hydrogen-bond donors (Lipinski definition) is 0. The van der Waals surface area contributed by atoms with Crippen LogP contribution in [0, 0.1) is 35.0 Å². The molecular weight excluding hydrogens is 591 g/mol. The second-order valence-electron chi connectivity index (χ2n) is 11.6. The predicted molar refractivity (Wildman–Crippen MR) is 158 cm³/mol. The third-order valence-electron chi connectivity index (χ3n) is 9.49. The van der Waals surface area contributed by atoms with E-state index in [1.165, 1.54) is 12.1 Å². The summed E-state index contributed by atoms with van der Waals surface area (Å²) in [4.78, 5) is 73.1. The third-order valence-corrected chi connectivity index (χ3v) is 9.96. The Kier molecular flexibility index (Phi) is 6.17. The van der Waals surface area contributed by atoms with Gasteiger partial charge in [0.2, 0.25) is 23.6 Å². The topological polar surface area (TPSA) is 101 Å². The molecule has 2 aliphatic heterocycles. The number of carbonyl (C=O) groups is 5. The molecule has 2 unspecified atom stereocenters. The number of imide groups is 2. The minimum absolute atomic E-state index is 0.145. The van der Waals surface area contributed by atoms with Crippen LogP contribution in [0.3, 0.4) is 0 Å². The number of ether oxygens (including phenoxy) is 1. The summed E-state index contributed by atoms with van der Waals surface area (Å²) in [6.45, 7) is 3.33. The van der Waals surface area contributed by atoms with Gasteiger partial charge in [0.05, 0.1) is 35.0 Å². The van der Waals surface area contributed by atoms with Gasteiger partial charge in [-0.25, -0.2) is 14.6 Å². The summed E-state index contributed by atoms with van der Waals surface area (Å²) in [7, 11) is 0. The summed E-state index contributed by atoms with van der Waals surface area (Å²) in [5.74, 6) is -7.56. The fourth-order valence-corrected chi connectivity index (χ4v) is 8.36. The molecule has 3 aromatic rings. The summed E-state index contributed by atoms with van der Waals surface area (Å²) in [5.41, 5.74) is -0.356. The number of rotatable bonds is 4. The van der Waals surface area contributed by atoms with Crippen molar-refractivity contribution in [1.29, 1.82) is 0 Å². The van der Waals surface area contributed by atoms with Crippen LogP contribution in [0.4, 0.5) is 11.4 Å². The maximum absolute atomic E-state index is 14.3. The molecule has 0 N–H and O–H groups in total. The van der Waals surface area contributed by atoms with Crippen LogP contribution in [-0.2, 0) is 24.0 Å². The lowest BCUT2D eigenvalue weighted by molar-refractivity contribution is -0.152. The zero-order valence-corrected chi connectivity index (χ0v) is 24.5. The lowest BCUT2D eigenvalue weighted by atomic mass is 9.43. The summed E-state index contributed by atoms with van der Waals surface area (Å²) in [6.07, 6.45) is 0. The molecule has 8 nitrogen and oxygen atoms in total. The fourth-order valence-electron chi connectivity index (χ4n) is 7.99. The van der Waals surface area contributed by atoms with Crippen LogP contribution >= 0.6 is 23.2 Å². The first-order chi connectivity index (χ1) is 20.6. The lowest BCUT2D eigenvalue weighted by Crippen LogP contribution is -2.61. The quantitative estimate of drug-likeness (QED) is 0.219. The molecule has 4 amide bonds. The second kappa shape index (κ2) is 9.62. The second-order valence-corrected chi connectivity index (χ2v) is 12.4. The van der Waals surface area contributed by atoms with Crippen LogP contribution in [0.25, 0.3) is 0 Å². The van der Waals surface area contributed by atoms with Crippen LogP contribution in [0.15, 0.2) is 90.0 Å². The monoisotopic (exact) mass is 614 g/mol. The minimum Gasteiger partial charge on any atom is -0.423 e. The molecule has 2 heterocycles. The zero-order valence-electron chi connectivity index (χ0n) is 23.0. The van der Waals surface area contributed by atoms with E-state index in [0.29, 0.717) is 15.6 Å². The summed E-state index contributed by atoms with van der Waals surface area (Å²) >= 11 is 12.4. The molecule has 5 aliphatic rings. The molecule has 43 heavy (non-hydrogen) atoms. The number of halogens is 2. The van der Waals surface area contributed by atoms with Gasteiger partial charge >= 0.3 is 5.97 Å². The van der Waals surface area contributed by atoms with Crippen molar-refractivity contribution in [3.8, 4) is 5.75 Å². The van der Waals surface area contributed by atoms with E-state index in [2.05, 4.69) is 0 Å². The number of para-hydroxylation sites is 1. The first-order valence-corrected chi connectivity index (χ1v) is 14.6. The van der Waals surface area contributed by atoms with E-state index in [1.807, 2.05) is 0 Å². The summed E-state index contributed by atoms with van der Waals surface area (Å²) < 4.78 is 5.77. The average Bonchev–Trinajstić information content (AvgIpc) is 3.39. The molecule has 3 aliphatic carbocycles. The number of hydrogen-bond acceptors (Lipinski definition) is 6. The molecule has 10 heteroatoms. The van der Waals surface area contributed by atoms with Crippen LogP contribution in [0.1, 0.15) is 13.8 Å². The van der Waals surface area contributed by atoms with Gasteiger partial charge in [0.1, 0.15) is 5.75 Å². The molecule has 8 rings (SSSR count). The first kappa shape index (κ1) is 27.6. The molecule has 3 aromatic carbocycles. The van der Waals surface area contributed by atoms with E-state index in [9.17, 15) is 24.0 Å². The predicted octanol–water partition coefficient (Wildman–Crippen LogP) is 5.48. The van der Waals surface area contributed by atoms with Crippen LogP contribution < -0.4 is 14.5 Å². The highest BCUT2D eigenvalue weighted by molar-refractivity contribution is 6.32. The van der Waals surface area contributed by atoms with Gasteiger partial charge in [-0.1, -0.05) is 66.0 Å². The van der Waals surface area contributed by atoms with Crippen molar-refractivity contribution in [3.63, 3.8) is 0 Å². The highest BCUT2D eigenvalue weighted by Gasteiger charge is 2.77. The number of benzene rings is 3. The van der Waals surface area contributed by atoms with Crippen molar-refractivity contribution in [1.82, 2.24) is 0 Å². The maximum Gasteiger partial charge on any atom is 0.339 e. The first-order valence-electron chi connectivity index (χ1n) is 13.8. The van der Waals surface area contributed by atoms with Crippen molar-refractivity contribution in [2.75, 3.05) is 9.80 Å². The molecule has 2 bridgehead atoms. The van der Waals surface area contributed by atoms with Gasteiger partial charge in [0, 0.05) is 27.0 Å². The van der Waals surface area contributed by atoms with Gasteiger partial charge in [-0.3, -0.25) is 19.2 Å². The highest BCUT2D eigenvalue weighted by atomic mass is 35.5. The van der Waals surface area contributed by atoms with Crippen molar-refractivity contribution in [3.05, 3.63) is 100 Å². The van der Waals surface area contributed by atoms with Crippen molar-refractivity contribution in [2.24, 2.45) is 35.0 Å². The summed E-state index contributed by atoms with van der Waals surface area (Å²) in [6, 6.07) is 21.2. The molecule has 1 saturated carbocycles. The number of anilines is 2. The molecule has 3 fully saturated rings. The Hall–Kier alpha value is -4.27. The van der Waals surface area contributed by atoms with Crippen molar-refractivity contribution < 1.29 is 28.7 Å². The van der Waals surface area contributed by atoms with Gasteiger partial charge in [0.25, 0.3) is 0 Å². The Morgan fingerprint density at radius 2 is 1.19 bits per heavy atom. The van der Waals surface area contributed by atoms with E-state index in [4.69, 9.17) is 27.9 Å². The third kappa shape index (κ3) is 3.72. The molecule has 216 valence electrons. The van der Waals surface area contributed by atoms with Crippen LogP contribution in [-0.4, -0.2) is 29.6 Å². The Morgan fingerprint density at radius 1 is 0.698 bits per heavy atom. The van der Waals surface area contributed by atoms with E-state index in [-0.39, 0.29) is 22.7 Å². The fraction of sp³-hybridized carbons (Fsp3) is 0.242. The molecule has 0 radical (unpaired) electrons. The average molecular weight is 615 g/mol. The van der Waals surface area contributed by atoms with Crippen molar-refractivity contribution >= 4 is 64.2 Å². The van der Waals surface area contributed by atoms with Gasteiger partial charge in [0.15, 0.2) is 0 Å². The zero-order chi connectivity index (χ0) is 30.4. The van der Waals surface area contributed by atoms with Crippen LogP contribution in [0.5, 0.6) is 5.75 Å². The molecule has 0 aromatic heterocycles. The summed E-state index contributed by atoms with van der Waals surface area (Å²) in [5, 5.41) is 0.672.